The average molecular weight is 285 g/mol. The van der Waals surface area contributed by atoms with Crippen molar-refractivity contribution in [1.82, 2.24) is 0 Å². The van der Waals surface area contributed by atoms with Crippen molar-refractivity contribution in [3.63, 3.8) is 0 Å². The van der Waals surface area contributed by atoms with E-state index in [2.05, 4.69) is 6.58 Å². The molecule has 0 N–H and O–H groups in total. The maximum Gasteiger partial charge on any atom is 0.526 e. The standard InChI is InChI=1S/C12H13ClO4Si/c1-4-18(16-9(2)14,17-10(3)15)12-7-5-11(13)6-8-12/h4-8H,1H2,2-3H3. The van der Waals surface area contributed by atoms with Crippen LogP contribution in [0.1, 0.15) is 13.8 Å². The summed E-state index contributed by atoms with van der Waals surface area (Å²) in [7, 11) is -3.29. The number of hydrogen-bond acceptors (Lipinski definition) is 4. The maximum atomic E-state index is 11.2. The molecule has 0 saturated heterocycles. The second-order valence-corrected chi connectivity index (χ2v) is 6.73. The van der Waals surface area contributed by atoms with Crippen LogP contribution >= 0.6 is 11.6 Å². The Kier molecular flexibility index (Phi) is 4.69. The van der Waals surface area contributed by atoms with Crippen LogP contribution < -0.4 is 5.19 Å². The van der Waals surface area contributed by atoms with Crippen LogP contribution in [0.25, 0.3) is 0 Å². The highest BCUT2D eigenvalue weighted by Crippen LogP contribution is 2.13. The van der Waals surface area contributed by atoms with E-state index in [1.165, 1.54) is 19.5 Å². The Morgan fingerprint density at radius 3 is 1.94 bits per heavy atom. The summed E-state index contributed by atoms with van der Waals surface area (Å²) in [6.07, 6.45) is 0. The molecule has 0 bridgehead atoms. The number of rotatable bonds is 4. The van der Waals surface area contributed by atoms with Crippen LogP contribution in [0.4, 0.5) is 0 Å². The fraction of sp³-hybridized carbons (Fsp3) is 0.167. The molecule has 0 unspecified atom stereocenters. The molecule has 0 heterocycles. The smallest absolute Gasteiger partial charge is 0.479 e. The van der Waals surface area contributed by atoms with Gasteiger partial charge in [-0.25, -0.2) is 0 Å². The number of hydrogen-bond donors (Lipinski definition) is 0. The zero-order valence-corrected chi connectivity index (χ0v) is 11.9. The van der Waals surface area contributed by atoms with Gasteiger partial charge in [0.15, 0.2) is 0 Å². The Morgan fingerprint density at radius 1 is 1.17 bits per heavy atom. The molecule has 0 aliphatic heterocycles. The molecule has 0 saturated carbocycles. The first-order valence-corrected chi connectivity index (χ1v) is 7.45. The van der Waals surface area contributed by atoms with Crippen molar-refractivity contribution in [2.45, 2.75) is 13.8 Å². The van der Waals surface area contributed by atoms with Crippen LogP contribution in [0.5, 0.6) is 0 Å². The Bertz CT molecular complexity index is 453. The molecule has 1 aromatic rings. The summed E-state index contributed by atoms with van der Waals surface area (Å²) in [6.45, 7) is 6.12. The van der Waals surface area contributed by atoms with Crippen molar-refractivity contribution in [1.29, 1.82) is 0 Å². The molecule has 18 heavy (non-hydrogen) atoms. The summed E-state index contributed by atoms with van der Waals surface area (Å²) < 4.78 is 10.4. The van der Waals surface area contributed by atoms with Crippen molar-refractivity contribution in [2.24, 2.45) is 0 Å². The SMILES string of the molecule is C=C[Si](OC(C)=O)(OC(C)=O)c1ccc(Cl)cc1. The highest BCUT2D eigenvalue weighted by atomic mass is 35.5. The minimum absolute atomic E-state index is 0.530. The van der Waals surface area contributed by atoms with E-state index in [9.17, 15) is 9.59 Å². The van der Waals surface area contributed by atoms with Gasteiger partial charge < -0.3 is 8.85 Å². The number of carbonyl (C=O) groups is 2. The van der Waals surface area contributed by atoms with Crippen LogP contribution in [0, 0.1) is 0 Å². The fourth-order valence-corrected chi connectivity index (χ4v) is 3.74. The van der Waals surface area contributed by atoms with Gasteiger partial charge in [0.05, 0.1) is 0 Å². The Morgan fingerprint density at radius 2 is 1.61 bits per heavy atom. The first-order valence-electron chi connectivity index (χ1n) is 5.18. The van der Waals surface area contributed by atoms with Gasteiger partial charge in [-0.15, -0.1) is 0 Å². The summed E-state index contributed by atoms with van der Waals surface area (Å²) >= 11 is 5.79. The third kappa shape index (κ3) is 3.45. The second kappa shape index (κ2) is 5.84. The summed E-state index contributed by atoms with van der Waals surface area (Å²) in [5.41, 5.74) is 1.39. The van der Waals surface area contributed by atoms with Gasteiger partial charge in [0.2, 0.25) is 0 Å². The van der Waals surface area contributed by atoms with E-state index in [4.69, 9.17) is 20.5 Å². The van der Waals surface area contributed by atoms with Gasteiger partial charge in [-0.1, -0.05) is 30.3 Å². The molecule has 1 aromatic carbocycles. The molecule has 4 nitrogen and oxygen atoms in total. The van der Waals surface area contributed by atoms with Gasteiger partial charge in [-0.05, 0) is 17.8 Å². The minimum Gasteiger partial charge on any atom is -0.479 e. The van der Waals surface area contributed by atoms with E-state index in [1.807, 2.05) is 0 Å². The van der Waals surface area contributed by atoms with E-state index < -0.39 is 20.5 Å². The summed E-state index contributed by atoms with van der Waals surface area (Å²) in [5.74, 6) is -1.06. The zero-order valence-electron chi connectivity index (χ0n) is 10.1. The molecule has 0 atom stereocenters. The van der Waals surface area contributed by atoms with E-state index in [0.29, 0.717) is 10.2 Å². The first-order chi connectivity index (χ1) is 8.39. The molecule has 0 aliphatic carbocycles. The van der Waals surface area contributed by atoms with Crippen molar-refractivity contribution in [3.8, 4) is 0 Å². The van der Waals surface area contributed by atoms with E-state index >= 15 is 0 Å². The van der Waals surface area contributed by atoms with Crippen molar-refractivity contribution in [2.75, 3.05) is 0 Å². The van der Waals surface area contributed by atoms with Gasteiger partial charge in [-0.2, -0.15) is 0 Å². The number of benzene rings is 1. The molecule has 1 rings (SSSR count). The lowest BCUT2D eigenvalue weighted by molar-refractivity contribution is -0.138. The van der Waals surface area contributed by atoms with Crippen molar-refractivity contribution >= 4 is 37.3 Å². The Hall–Kier alpha value is -1.59. The zero-order chi connectivity index (χ0) is 13.8. The van der Waals surface area contributed by atoms with Gasteiger partial charge in [0.25, 0.3) is 11.9 Å². The van der Waals surface area contributed by atoms with Crippen molar-refractivity contribution in [3.05, 3.63) is 41.6 Å². The van der Waals surface area contributed by atoms with Crippen LogP contribution in [-0.2, 0) is 18.4 Å². The molecule has 0 amide bonds. The summed E-state index contributed by atoms with van der Waals surface area (Å²) in [5, 5.41) is 1.13. The molecular weight excluding hydrogens is 272 g/mol. The molecular formula is C12H13ClO4Si. The lowest BCUT2D eigenvalue weighted by Crippen LogP contribution is -2.54. The topological polar surface area (TPSA) is 52.6 Å². The fourth-order valence-electron chi connectivity index (χ4n) is 1.45. The van der Waals surface area contributed by atoms with Crippen LogP contribution in [0.15, 0.2) is 36.5 Å². The Balaban J connectivity index is 3.23. The van der Waals surface area contributed by atoms with E-state index in [0.717, 1.165) is 0 Å². The van der Waals surface area contributed by atoms with Crippen LogP contribution in [-0.4, -0.2) is 20.5 Å². The minimum atomic E-state index is -3.29. The van der Waals surface area contributed by atoms with Crippen LogP contribution in [0.3, 0.4) is 0 Å². The van der Waals surface area contributed by atoms with Crippen LogP contribution in [0.2, 0.25) is 5.02 Å². The highest BCUT2D eigenvalue weighted by molar-refractivity contribution is 6.87. The van der Waals surface area contributed by atoms with E-state index in [1.54, 1.807) is 24.3 Å². The van der Waals surface area contributed by atoms with Gasteiger partial charge in [-0.3, -0.25) is 9.59 Å². The largest absolute Gasteiger partial charge is 0.526 e. The normalized spacial score (nSPS) is 10.6. The summed E-state index contributed by atoms with van der Waals surface area (Å²) in [4.78, 5) is 22.4. The number of carbonyl (C=O) groups excluding carboxylic acids is 2. The molecule has 0 aromatic heterocycles. The molecule has 0 fully saturated rings. The quantitative estimate of drug-likeness (QED) is 0.792. The molecule has 0 aliphatic rings. The third-order valence-electron chi connectivity index (χ3n) is 2.11. The van der Waals surface area contributed by atoms with Crippen molar-refractivity contribution < 1.29 is 18.4 Å². The highest BCUT2D eigenvalue weighted by Gasteiger charge is 2.43. The Labute approximate surface area is 111 Å². The monoisotopic (exact) mass is 284 g/mol. The van der Waals surface area contributed by atoms with Gasteiger partial charge in [0.1, 0.15) is 0 Å². The van der Waals surface area contributed by atoms with E-state index in [-0.39, 0.29) is 0 Å². The predicted octanol–water partition coefficient (Wildman–Crippen LogP) is 1.84. The summed E-state index contributed by atoms with van der Waals surface area (Å²) in [6, 6.07) is 6.58. The predicted molar refractivity (Wildman–Crippen MR) is 70.6 cm³/mol. The maximum absolute atomic E-state index is 11.2. The lowest BCUT2D eigenvalue weighted by atomic mass is 10.4. The third-order valence-corrected chi connectivity index (χ3v) is 5.21. The molecule has 96 valence electrons. The lowest BCUT2D eigenvalue weighted by Gasteiger charge is -2.25. The first kappa shape index (κ1) is 14.5. The van der Waals surface area contributed by atoms with Gasteiger partial charge in [0, 0.05) is 24.1 Å². The average Bonchev–Trinajstić information content (AvgIpc) is 2.27. The van der Waals surface area contributed by atoms with Gasteiger partial charge >= 0.3 is 8.56 Å². The molecule has 0 spiro atoms. The molecule has 6 heteroatoms. The molecule has 0 radical (unpaired) electrons. The number of halogens is 1. The second-order valence-electron chi connectivity index (χ2n) is 3.57.